The van der Waals surface area contributed by atoms with Gasteiger partial charge in [-0.25, -0.2) is 4.98 Å². The highest BCUT2D eigenvalue weighted by Crippen LogP contribution is 2.27. The van der Waals surface area contributed by atoms with E-state index in [9.17, 15) is 4.79 Å². The molecule has 1 aliphatic heterocycles. The Kier molecular flexibility index (Phi) is 6.50. The monoisotopic (exact) mass is 370 g/mol. The molecule has 1 aromatic carbocycles. The standard InChI is InChI=1S/C21H30N4O2/c1-17-6-4-5-7-19(17)27-16-20(26)24-11-8-18(9-12-24)21-22-10-13-25(21)15-14-23(2)3/h4-7,10,13,18H,8-9,11-12,14-16H2,1-3H3. The van der Waals surface area contributed by atoms with Gasteiger partial charge in [0.2, 0.25) is 0 Å². The normalized spacial score (nSPS) is 15.3. The Balaban J connectivity index is 1.49. The number of amides is 1. The van der Waals surface area contributed by atoms with Gasteiger partial charge >= 0.3 is 0 Å². The zero-order valence-electron chi connectivity index (χ0n) is 16.6. The van der Waals surface area contributed by atoms with Gasteiger partial charge in [-0.15, -0.1) is 0 Å². The minimum absolute atomic E-state index is 0.0626. The first-order chi connectivity index (χ1) is 13.0. The molecule has 0 unspecified atom stereocenters. The molecular weight excluding hydrogens is 340 g/mol. The van der Waals surface area contributed by atoms with E-state index < -0.39 is 0 Å². The van der Waals surface area contributed by atoms with Gasteiger partial charge in [-0.2, -0.15) is 0 Å². The van der Waals surface area contributed by atoms with E-state index in [1.807, 2.05) is 42.3 Å². The molecule has 1 fully saturated rings. The zero-order valence-corrected chi connectivity index (χ0v) is 16.6. The molecule has 0 N–H and O–H groups in total. The van der Waals surface area contributed by atoms with Gasteiger partial charge in [-0.05, 0) is 45.5 Å². The number of hydrogen-bond donors (Lipinski definition) is 0. The lowest BCUT2D eigenvalue weighted by atomic mass is 9.96. The van der Waals surface area contributed by atoms with Gasteiger partial charge in [0.15, 0.2) is 6.61 Å². The van der Waals surface area contributed by atoms with Gasteiger partial charge in [0.1, 0.15) is 11.6 Å². The van der Waals surface area contributed by atoms with Crippen molar-refractivity contribution in [1.29, 1.82) is 0 Å². The smallest absolute Gasteiger partial charge is 0.260 e. The molecule has 0 saturated carbocycles. The third-order valence-electron chi connectivity index (χ3n) is 5.19. The highest BCUT2D eigenvalue weighted by atomic mass is 16.5. The summed E-state index contributed by atoms with van der Waals surface area (Å²) in [4.78, 5) is 21.2. The second kappa shape index (κ2) is 9.04. The third-order valence-corrected chi connectivity index (χ3v) is 5.19. The van der Waals surface area contributed by atoms with E-state index in [4.69, 9.17) is 4.74 Å². The van der Waals surface area contributed by atoms with Gasteiger partial charge in [0, 0.05) is 44.5 Å². The molecular formula is C21H30N4O2. The predicted molar refractivity (Wildman–Crippen MR) is 106 cm³/mol. The fourth-order valence-electron chi connectivity index (χ4n) is 3.51. The molecule has 2 heterocycles. The van der Waals surface area contributed by atoms with Crippen LogP contribution in [0.2, 0.25) is 0 Å². The minimum atomic E-state index is 0.0626. The predicted octanol–water partition coefficient (Wildman–Crippen LogP) is 2.54. The van der Waals surface area contributed by atoms with E-state index in [0.717, 1.165) is 56.2 Å². The summed E-state index contributed by atoms with van der Waals surface area (Å²) >= 11 is 0. The van der Waals surface area contributed by atoms with Crippen LogP contribution in [0.5, 0.6) is 5.75 Å². The SMILES string of the molecule is Cc1ccccc1OCC(=O)N1CCC(c2nccn2CCN(C)C)CC1. The molecule has 6 heteroatoms. The van der Waals surface area contributed by atoms with Crippen molar-refractivity contribution < 1.29 is 9.53 Å². The van der Waals surface area contributed by atoms with Gasteiger partial charge in [-0.3, -0.25) is 4.79 Å². The Morgan fingerprint density at radius 1 is 1.26 bits per heavy atom. The average Bonchev–Trinajstić information content (AvgIpc) is 3.14. The number of imidazole rings is 1. The second-order valence-corrected chi connectivity index (χ2v) is 7.49. The van der Waals surface area contributed by atoms with Gasteiger partial charge < -0.3 is 19.1 Å². The molecule has 6 nitrogen and oxygen atoms in total. The number of aromatic nitrogens is 2. The number of carbonyl (C=O) groups excluding carboxylic acids is 1. The van der Waals surface area contributed by atoms with Gasteiger partial charge in [-0.1, -0.05) is 18.2 Å². The summed E-state index contributed by atoms with van der Waals surface area (Å²) in [7, 11) is 4.17. The summed E-state index contributed by atoms with van der Waals surface area (Å²) in [5.41, 5.74) is 1.05. The first kappa shape index (κ1) is 19.4. The van der Waals surface area contributed by atoms with Crippen molar-refractivity contribution in [3.63, 3.8) is 0 Å². The molecule has 2 aromatic rings. The van der Waals surface area contributed by atoms with Crippen LogP contribution in [0.3, 0.4) is 0 Å². The van der Waals surface area contributed by atoms with E-state index >= 15 is 0 Å². The van der Waals surface area contributed by atoms with Crippen molar-refractivity contribution in [2.24, 2.45) is 0 Å². The average molecular weight is 370 g/mol. The van der Waals surface area contributed by atoms with Crippen molar-refractivity contribution in [3.05, 3.63) is 48.0 Å². The Morgan fingerprint density at radius 2 is 2.00 bits per heavy atom. The molecule has 0 atom stereocenters. The lowest BCUT2D eigenvalue weighted by Crippen LogP contribution is -2.41. The van der Waals surface area contributed by atoms with Crippen molar-refractivity contribution in [2.45, 2.75) is 32.2 Å². The number of benzene rings is 1. The number of hydrogen-bond acceptors (Lipinski definition) is 4. The number of piperidine rings is 1. The van der Waals surface area contributed by atoms with Crippen LogP contribution in [0.1, 0.15) is 30.1 Å². The summed E-state index contributed by atoms with van der Waals surface area (Å²) in [6.07, 6.45) is 5.86. The molecule has 0 bridgehead atoms. The molecule has 1 aliphatic rings. The van der Waals surface area contributed by atoms with Crippen LogP contribution in [0, 0.1) is 6.92 Å². The quantitative estimate of drug-likeness (QED) is 0.752. The summed E-state index contributed by atoms with van der Waals surface area (Å²) < 4.78 is 7.97. The van der Waals surface area contributed by atoms with Crippen LogP contribution in [-0.2, 0) is 11.3 Å². The number of carbonyl (C=O) groups is 1. The van der Waals surface area contributed by atoms with Crippen molar-refractivity contribution in [2.75, 3.05) is 40.3 Å². The maximum Gasteiger partial charge on any atom is 0.260 e. The number of likely N-dealkylation sites (N-methyl/N-ethyl adjacent to an activating group) is 1. The van der Waals surface area contributed by atoms with Gasteiger partial charge in [0.25, 0.3) is 5.91 Å². The van der Waals surface area contributed by atoms with Crippen LogP contribution in [-0.4, -0.2) is 65.6 Å². The molecule has 0 spiro atoms. The zero-order chi connectivity index (χ0) is 19.2. The Morgan fingerprint density at radius 3 is 2.70 bits per heavy atom. The lowest BCUT2D eigenvalue weighted by molar-refractivity contribution is -0.134. The number of nitrogens with zero attached hydrogens (tertiary/aromatic N) is 4. The van der Waals surface area contributed by atoms with Crippen LogP contribution in [0.15, 0.2) is 36.7 Å². The van der Waals surface area contributed by atoms with Crippen LogP contribution < -0.4 is 4.74 Å². The van der Waals surface area contributed by atoms with E-state index in [1.54, 1.807) is 0 Å². The lowest BCUT2D eigenvalue weighted by Gasteiger charge is -2.32. The molecule has 1 aromatic heterocycles. The molecule has 27 heavy (non-hydrogen) atoms. The first-order valence-corrected chi connectivity index (χ1v) is 9.66. The number of aryl methyl sites for hydroxylation is 1. The summed E-state index contributed by atoms with van der Waals surface area (Å²) in [6.45, 7) is 5.57. The van der Waals surface area contributed by atoms with E-state index in [0.29, 0.717) is 5.92 Å². The fraction of sp³-hybridized carbons (Fsp3) is 0.524. The third kappa shape index (κ3) is 5.10. The number of likely N-dealkylation sites (tertiary alicyclic amines) is 1. The highest BCUT2D eigenvalue weighted by Gasteiger charge is 2.26. The van der Waals surface area contributed by atoms with Crippen molar-refractivity contribution in [3.8, 4) is 5.75 Å². The highest BCUT2D eigenvalue weighted by molar-refractivity contribution is 5.77. The minimum Gasteiger partial charge on any atom is -0.484 e. The van der Waals surface area contributed by atoms with Gasteiger partial charge in [0.05, 0.1) is 0 Å². The fourth-order valence-corrected chi connectivity index (χ4v) is 3.51. The molecule has 0 aliphatic carbocycles. The second-order valence-electron chi connectivity index (χ2n) is 7.49. The van der Waals surface area contributed by atoms with Crippen LogP contribution in [0.25, 0.3) is 0 Å². The van der Waals surface area contributed by atoms with Crippen LogP contribution in [0.4, 0.5) is 0 Å². The maximum absolute atomic E-state index is 12.5. The molecule has 3 rings (SSSR count). The molecule has 0 radical (unpaired) electrons. The molecule has 1 saturated heterocycles. The number of rotatable bonds is 7. The van der Waals surface area contributed by atoms with Crippen molar-refractivity contribution >= 4 is 5.91 Å². The number of ether oxygens (including phenoxy) is 1. The largest absolute Gasteiger partial charge is 0.484 e. The van der Waals surface area contributed by atoms with E-state index in [-0.39, 0.29) is 12.5 Å². The molecule has 1 amide bonds. The summed E-state index contributed by atoms with van der Waals surface area (Å²) in [5.74, 6) is 2.42. The van der Waals surface area contributed by atoms with Crippen LogP contribution >= 0.6 is 0 Å². The maximum atomic E-state index is 12.5. The Hall–Kier alpha value is -2.34. The Bertz CT molecular complexity index is 748. The van der Waals surface area contributed by atoms with E-state index in [1.165, 1.54) is 0 Å². The van der Waals surface area contributed by atoms with Crippen molar-refractivity contribution in [1.82, 2.24) is 19.4 Å². The number of para-hydroxylation sites is 1. The summed E-state index contributed by atoms with van der Waals surface area (Å²) in [6, 6.07) is 7.79. The van der Waals surface area contributed by atoms with E-state index in [2.05, 4.69) is 34.7 Å². The first-order valence-electron chi connectivity index (χ1n) is 9.66. The topological polar surface area (TPSA) is 50.6 Å². The molecule has 146 valence electrons. The summed E-state index contributed by atoms with van der Waals surface area (Å²) in [5, 5.41) is 0. The Labute approximate surface area is 161 Å².